The Morgan fingerprint density at radius 2 is 1.43 bits per heavy atom. The second-order valence-corrected chi connectivity index (χ2v) is 2.23. The van der Waals surface area contributed by atoms with Crippen LogP contribution in [-0.2, 0) is 4.84 Å². The number of hydrogen-bond acceptors (Lipinski definition) is 2. The van der Waals surface area contributed by atoms with Crippen molar-refractivity contribution in [1.29, 1.82) is 0 Å². The van der Waals surface area contributed by atoms with Crippen LogP contribution in [0.5, 0.6) is 0 Å². The van der Waals surface area contributed by atoms with Gasteiger partial charge in [0.1, 0.15) is 0 Å². The smallest absolute Gasteiger partial charge is 0.0810 e. The van der Waals surface area contributed by atoms with Crippen LogP contribution < -0.4 is 5.90 Å². The molecule has 46 valence electrons. The van der Waals surface area contributed by atoms with Gasteiger partial charge in [0.25, 0.3) is 0 Å². The molecule has 0 unspecified atom stereocenters. The van der Waals surface area contributed by atoms with Gasteiger partial charge in [-0.1, -0.05) is 0 Å². The molecule has 0 heterocycles. The van der Waals surface area contributed by atoms with Gasteiger partial charge in [0.15, 0.2) is 0 Å². The molecule has 0 fully saturated rings. The van der Waals surface area contributed by atoms with Gasteiger partial charge in [0, 0.05) is 0 Å². The highest BCUT2D eigenvalue weighted by molar-refractivity contribution is 14.0. The fraction of sp³-hybridized carbons (Fsp3) is 1.00. The van der Waals surface area contributed by atoms with Crippen LogP contribution in [0.1, 0.15) is 20.8 Å². The van der Waals surface area contributed by atoms with Crippen LogP contribution >= 0.6 is 24.0 Å². The van der Waals surface area contributed by atoms with Gasteiger partial charge in [-0.3, -0.25) is 4.84 Å². The minimum Gasteiger partial charge on any atom is -0.299 e. The Balaban J connectivity index is 0. The Kier molecular flexibility index (Phi) is 5.49. The molecule has 0 amide bonds. The highest BCUT2D eigenvalue weighted by Crippen LogP contribution is 2.00. The van der Waals surface area contributed by atoms with Gasteiger partial charge in [-0.25, -0.2) is 5.90 Å². The van der Waals surface area contributed by atoms with E-state index in [2.05, 4.69) is 4.84 Å². The normalized spacial score (nSPS) is 10.3. The van der Waals surface area contributed by atoms with E-state index in [4.69, 9.17) is 5.90 Å². The van der Waals surface area contributed by atoms with E-state index < -0.39 is 0 Å². The summed E-state index contributed by atoms with van der Waals surface area (Å²) in [7, 11) is 0. The third-order valence-corrected chi connectivity index (χ3v) is 0.354. The average Bonchev–Trinajstić information content (AvgIpc) is 1.35. The molecule has 0 bridgehead atoms. The molecule has 0 aliphatic rings. The van der Waals surface area contributed by atoms with Crippen LogP contribution in [0, 0.1) is 0 Å². The Hall–Kier alpha value is 0.650. The van der Waals surface area contributed by atoms with Crippen LogP contribution in [0.25, 0.3) is 0 Å². The Morgan fingerprint density at radius 3 is 1.43 bits per heavy atom. The molecule has 0 aliphatic carbocycles. The molecule has 0 aromatic rings. The summed E-state index contributed by atoms with van der Waals surface area (Å²) in [5, 5.41) is 0. The average molecular weight is 217 g/mol. The van der Waals surface area contributed by atoms with E-state index in [1.165, 1.54) is 0 Å². The minimum absolute atomic E-state index is 0. The first-order valence-corrected chi connectivity index (χ1v) is 1.94. The van der Waals surface area contributed by atoms with E-state index in [0.29, 0.717) is 0 Å². The molecule has 0 aromatic carbocycles. The van der Waals surface area contributed by atoms with Crippen LogP contribution in [0.3, 0.4) is 0 Å². The topological polar surface area (TPSA) is 35.2 Å². The molecule has 3 heteroatoms. The predicted molar refractivity (Wildman–Crippen MR) is 40.4 cm³/mol. The lowest BCUT2D eigenvalue weighted by molar-refractivity contribution is -0.00428. The molecule has 0 radical (unpaired) electrons. The summed E-state index contributed by atoms with van der Waals surface area (Å²) in [6.07, 6.45) is 0. The second-order valence-electron chi connectivity index (χ2n) is 2.23. The molecule has 0 aliphatic heterocycles. The highest BCUT2D eigenvalue weighted by atomic mass is 127. The van der Waals surface area contributed by atoms with E-state index >= 15 is 0 Å². The summed E-state index contributed by atoms with van der Waals surface area (Å²) in [5.74, 6) is 4.81. The van der Waals surface area contributed by atoms with E-state index in [1.54, 1.807) is 0 Å². The summed E-state index contributed by atoms with van der Waals surface area (Å²) in [5.41, 5.74) is -0.181. The number of rotatable bonds is 0. The van der Waals surface area contributed by atoms with E-state index in [-0.39, 0.29) is 29.6 Å². The van der Waals surface area contributed by atoms with Crippen molar-refractivity contribution in [3.05, 3.63) is 0 Å². The van der Waals surface area contributed by atoms with Crippen LogP contribution in [0.2, 0.25) is 0 Å². The highest BCUT2D eigenvalue weighted by Gasteiger charge is 2.05. The Morgan fingerprint density at radius 1 is 1.29 bits per heavy atom. The molecular weight excluding hydrogens is 205 g/mol. The van der Waals surface area contributed by atoms with Crippen LogP contribution in [0.4, 0.5) is 0 Å². The third-order valence-electron chi connectivity index (χ3n) is 0.354. The minimum atomic E-state index is -0.181. The Labute approximate surface area is 61.4 Å². The van der Waals surface area contributed by atoms with Crippen molar-refractivity contribution >= 4 is 24.0 Å². The fourth-order valence-corrected chi connectivity index (χ4v) is 0. The van der Waals surface area contributed by atoms with E-state index in [0.717, 1.165) is 0 Å². The molecule has 0 spiro atoms. The van der Waals surface area contributed by atoms with Crippen molar-refractivity contribution in [3.63, 3.8) is 0 Å². The second kappa shape index (κ2) is 3.63. The zero-order valence-corrected chi connectivity index (χ0v) is 7.22. The van der Waals surface area contributed by atoms with Crippen molar-refractivity contribution in [3.8, 4) is 0 Å². The number of hydrogen-bond donors (Lipinski definition) is 1. The summed E-state index contributed by atoms with van der Waals surface area (Å²) < 4.78 is 0. The first-order chi connectivity index (χ1) is 2.56. The van der Waals surface area contributed by atoms with Crippen molar-refractivity contribution in [2.75, 3.05) is 0 Å². The quantitative estimate of drug-likeness (QED) is 0.490. The van der Waals surface area contributed by atoms with E-state index in [1.807, 2.05) is 20.8 Å². The van der Waals surface area contributed by atoms with Crippen molar-refractivity contribution in [1.82, 2.24) is 0 Å². The zero-order chi connectivity index (χ0) is 5.21. The molecule has 2 N–H and O–H groups in total. The Bertz CT molecular complexity index is 41.4. The summed E-state index contributed by atoms with van der Waals surface area (Å²) in [4.78, 5) is 4.44. The van der Waals surface area contributed by atoms with Crippen LogP contribution in [0.15, 0.2) is 0 Å². The molecular formula is C4H12INO. The van der Waals surface area contributed by atoms with E-state index in [9.17, 15) is 0 Å². The standard InChI is InChI=1S/C4H11NO.HI/c1-4(2,3)6-5;/h5H2,1-3H3;1H. The molecule has 0 rings (SSSR count). The maximum absolute atomic E-state index is 4.81. The predicted octanol–water partition coefficient (Wildman–Crippen LogP) is 1.29. The zero-order valence-electron chi connectivity index (χ0n) is 4.89. The summed E-state index contributed by atoms with van der Waals surface area (Å²) in [6, 6.07) is 0. The lowest BCUT2D eigenvalue weighted by atomic mass is 10.2. The van der Waals surface area contributed by atoms with Gasteiger partial charge >= 0.3 is 0 Å². The molecule has 0 aromatic heterocycles. The lowest BCUT2D eigenvalue weighted by Crippen LogP contribution is -2.22. The molecule has 0 saturated heterocycles. The first kappa shape index (κ1) is 10.6. The maximum Gasteiger partial charge on any atom is 0.0810 e. The summed E-state index contributed by atoms with van der Waals surface area (Å²) >= 11 is 0. The SMILES string of the molecule is CC(C)(C)ON.I. The van der Waals surface area contributed by atoms with Gasteiger partial charge in [-0.2, -0.15) is 0 Å². The van der Waals surface area contributed by atoms with Crippen molar-refractivity contribution < 1.29 is 4.84 Å². The number of nitrogens with two attached hydrogens (primary N) is 1. The maximum atomic E-state index is 4.81. The molecule has 2 nitrogen and oxygen atoms in total. The molecule has 0 saturated carbocycles. The molecule has 0 atom stereocenters. The fourth-order valence-electron chi connectivity index (χ4n) is 0. The van der Waals surface area contributed by atoms with Crippen LogP contribution in [-0.4, -0.2) is 5.60 Å². The monoisotopic (exact) mass is 217 g/mol. The third kappa shape index (κ3) is 10.8. The first-order valence-electron chi connectivity index (χ1n) is 1.94. The van der Waals surface area contributed by atoms with Gasteiger partial charge in [0.05, 0.1) is 5.60 Å². The number of halogens is 1. The van der Waals surface area contributed by atoms with Crippen molar-refractivity contribution in [2.24, 2.45) is 5.90 Å². The van der Waals surface area contributed by atoms with Gasteiger partial charge in [-0.05, 0) is 20.8 Å². The van der Waals surface area contributed by atoms with Gasteiger partial charge < -0.3 is 0 Å². The van der Waals surface area contributed by atoms with Crippen molar-refractivity contribution in [2.45, 2.75) is 26.4 Å². The van der Waals surface area contributed by atoms with Gasteiger partial charge in [-0.15, -0.1) is 24.0 Å². The summed E-state index contributed by atoms with van der Waals surface area (Å²) in [6.45, 7) is 5.69. The largest absolute Gasteiger partial charge is 0.299 e. The van der Waals surface area contributed by atoms with Gasteiger partial charge in [0.2, 0.25) is 0 Å². The molecule has 7 heavy (non-hydrogen) atoms. The lowest BCUT2D eigenvalue weighted by Gasteiger charge is -2.12.